The zero-order valence-corrected chi connectivity index (χ0v) is 19.7. The normalized spacial score (nSPS) is 19.3. The van der Waals surface area contributed by atoms with Crippen molar-refractivity contribution in [2.45, 2.75) is 11.4 Å². The van der Waals surface area contributed by atoms with Crippen molar-refractivity contribution in [1.29, 1.82) is 0 Å². The van der Waals surface area contributed by atoms with Gasteiger partial charge in [-0.15, -0.1) is 11.3 Å². The monoisotopic (exact) mass is 494 g/mol. The van der Waals surface area contributed by atoms with E-state index in [2.05, 4.69) is 15.2 Å². The largest absolute Gasteiger partial charge is 0.360 e. The number of ketones is 1. The minimum Gasteiger partial charge on any atom is -0.360 e. The van der Waals surface area contributed by atoms with Crippen LogP contribution in [0.2, 0.25) is 0 Å². The standard InChI is InChI=1S/C23H18N4O3S3/c28-21-20(13-25-16-6-7-19-18(12-16)26-10-9-24-23(26)32-19)33(29,30)27(17-8-11-31-22(17)21)14-15-4-2-1-3-5-15/h1-8,11-13,25H,9-10,14H2/b20-13+. The summed E-state index contributed by atoms with van der Waals surface area (Å²) in [6, 6.07) is 16.9. The van der Waals surface area contributed by atoms with E-state index in [1.54, 1.807) is 23.2 Å². The maximum Gasteiger partial charge on any atom is 0.270 e. The maximum absolute atomic E-state index is 13.5. The average molecular weight is 495 g/mol. The molecule has 0 bridgehead atoms. The number of aliphatic imine (C=N–C) groups is 1. The lowest BCUT2D eigenvalue weighted by Gasteiger charge is -2.29. The SMILES string of the molecule is O=C1/C(=C\Nc2ccc3c(c2)N2CCN=C2S3)S(=O)(=O)N(Cc2ccccc2)c2ccsc21. The Balaban J connectivity index is 1.35. The Labute approximate surface area is 199 Å². The highest BCUT2D eigenvalue weighted by atomic mass is 32.2. The molecule has 166 valence electrons. The Hall–Kier alpha value is -3.08. The summed E-state index contributed by atoms with van der Waals surface area (Å²) < 4.78 is 28.4. The van der Waals surface area contributed by atoms with Gasteiger partial charge in [0.25, 0.3) is 10.0 Å². The quantitative estimate of drug-likeness (QED) is 0.537. The number of nitrogens with zero attached hydrogens (tertiary/aromatic N) is 3. The first-order valence-corrected chi connectivity index (χ1v) is 13.5. The Morgan fingerprint density at radius 1 is 1.09 bits per heavy atom. The number of thioether (sulfide) groups is 1. The topological polar surface area (TPSA) is 82.1 Å². The van der Waals surface area contributed by atoms with Crippen LogP contribution >= 0.6 is 23.1 Å². The summed E-state index contributed by atoms with van der Waals surface area (Å²) >= 11 is 2.89. The van der Waals surface area contributed by atoms with Gasteiger partial charge in [-0.1, -0.05) is 30.3 Å². The highest BCUT2D eigenvalue weighted by Crippen LogP contribution is 2.43. The Bertz CT molecular complexity index is 1440. The van der Waals surface area contributed by atoms with Crippen LogP contribution in [0.5, 0.6) is 0 Å². The van der Waals surface area contributed by atoms with Crippen LogP contribution in [0.1, 0.15) is 15.2 Å². The van der Waals surface area contributed by atoms with Gasteiger partial charge in [-0.05, 0) is 47.0 Å². The van der Waals surface area contributed by atoms with E-state index in [1.165, 1.54) is 21.8 Å². The lowest BCUT2D eigenvalue weighted by molar-refractivity contribution is 0.104. The molecular weight excluding hydrogens is 476 g/mol. The van der Waals surface area contributed by atoms with E-state index in [0.717, 1.165) is 34.4 Å². The zero-order chi connectivity index (χ0) is 22.6. The molecule has 33 heavy (non-hydrogen) atoms. The minimum atomic E-state index is -4.04. The second-order valence-electron chi connectivity index (χ2n) is 7.71. The third-order valence-corrected chi connectivity index (χ3v) is 9.47. The molecule has 0 unspecified atom stereocenters. The van der Waals surface area contributed by atoms with Crippen molar-refractivity contribution in [2.24, 2.45) is 4.99 Å². The first kappa shape index (κ1) is 20.5. The lowest BCUT2D eigenvalue weighted by Crippen LogP contribution is -2.38. The maximum atomic E-state index is 13.5. The van der Waals surface area contributed by atoms with Crippen molar-refractivity contribution in [3.63, 3.8) is 0 Å². The number of sulfonamides is 1. The lowest BCUT2D eigenvalue weighted by atomic mass is 10.2. The molecule has 3 aliphatic rings. The molecule has 0 fully saturated rings. The van der Waals surface area contributed by atoms with Gasteiger partial charge in [-0.25, -0.2) is 8.42 Å². The number of thiophene rings is 1. The highest BCUT2D eigenvalue weighted by Gasteiger charge is 2.41. The van der Waals surface area contributed by atoms with Crippen molar-refractivity contribution < 1.29 is 13.2 Å². The Morgan fingerprint density at radius 3 is 2.79 bits per heavy atom. The molecule has 0 radical (unpaired) electrons. The number of hydrogen-bond donors (Lipinski definition) is 1. The molecule has 1 N–H and O–H groups in total. The summed E-state index contributed by atoms with van der Waals surface area (Å²) in [6.45, 7) is 1.77. The predicted octanol–water partition coefficient (Wildman–Crippen LogP) is 4.52. The van der Waals surface area contributed by atoms with E-state index in [0.29, 0.717) is 16.3 Å². The Morgan fingerprint density at radius 2 is 1.94 bits per heavy atom. The predicted molar refractivity (Wildman–Crippen MR) is 134 cm³/mol. The number of allylic oxidation sites excluding steroid dienone is 1. The van der Waals surface area contributed by atoms with Crippen LogP contribution in [-0.4, -0.2) is 32.5 Å². The fourth-order valence-corrected chi connectivity index (χ4v) is 7.64. The first-order chi connectivity index (χ1) is 16.0. The van der Waals surface area contributed by atoms with Gasteiger partial charge in [0.2, 0.25) is 5.78 Å². The van der Waals surface area contributed by atoms with Crippen LogP contribution in [0.3, 0.4) is 0 Å². The summed E-state index contributed by atoms with van der Waals surface area (Å²) in [5, 5.41) is 5.80. The van der Waals surface area contributed by atoms with Gasteiger partial charge in [-0.3, -0.25) is 14.1 Å². The van der Waals surface area contributed by atoms with Crippen LogP contribution < -0.4 is 14.5 Å². The molecule has 0 spiro atoms. The van der Waals surface area contributed by atoms with Crippen molar-refractivity contribution >= 4 is 61.1 Å². The molecule has 0 aliphatic carbocycles. The zero-order valence-electron chi connectivity index (χ0n) is 17.3. The van der Waals surface area contributed by atoms with E-state index in [-0.39, 0.29) is 11.4 Å². The third-order valence-electron chi connectivity index (χ3n) is 5.70. The second-order valence-corrected chi connectivity index (χ2v) is 11.5. The number of carbonyl (C=O) groups excluding carboxylic acids is 1. The number of fused-ring (bicyclic) bond motifs is 4. The van der Waals surface area contributed by atoms with Crippen LogP contribution in [0.15, 0.2) is 81.0 Å². The molecule has 0 saturated carbocycles. The summed E-state index contributed by atoms with van der Waals surface area (Å²) in [4.78, 5) is 21.1. The number of hydrogen-bond acceptors (Lipinski definition) is 8. The smallest absolute Gasteiger partial charge is 0.270 e. The third kappa shape index (κ3) is 3.36. The van der Waals surface area contributed by atoms with Crippen molar-refractivity contribution in [3.05, 3.63) is 81.5 Å². The fourth-order valence-electron chi connectivity index (χ4n) is 4.09. The fraction of sp³-hybridized carbons (Fsp3) is 0.130. The van der Waals surface area contributed by atoms with Crippen LogP contribution in [0.4, 0.5) is 17.1 Å². The molecule has 4 heterocycles. The summed E-state index contributed by atoms with van der Waals surface area (Å²) in [7, 11) is -4.04. The van der Waals surface area contributed by atoms with Gasteiger partial charge in [0.15, 0.2) is 10.1 Å². The molecule has 1 aromatic heterocycles. The van der Waals surface area contributed by atoms with E-state index >= 15 is 0 Å². The number of Topliss-reactive ketones (excluding diaryl/α,β-unsaturated/α-hetero) is 1. The number of amidine groups is 1. The van der Waals surface area contributed by atoms with Gasteiger partial charge < -0.3 is 10.2 Å². The molecule has 0 saturated heterocycles. The summed E-state index contributed by atoms with van der Waals surface area (Å²) in [5.74, 6) is -0.484. The van der Waals surface area contributed by atoms with Crippen LogP contribution in [-0.2, 0) is 16.6 Å². The minimum absolute atomic E-state index is 0.157. The summed E-state index contributed by atoms with van der Waals surface area (Å²) in [5.41, 5.74) is 3.04. The van der Waals surface area contributed by atoms with Crippen LogP contribution in [0, 0.1) is 0 Å². The molecule has 0 atom stereocenters. The number of anilines is 3. The molecule has 3 aliphatic heterocycles. The van der Waals surface area contributed by atoms with Crippen molar-refractivity contribution in [1.82, 2.24) is 0 Å². The van der Waals surface area contributed by atoms with Crippen molar-refractivity contribution in [3.8, 4) is 0 Å². The van der Waals surface area contributed by atoms with Gasteiger partial charge in [-0.2, -0.15) is 0 Å². The molecular formula is C23H18N4O3S3. The number of nitrogens with one attached hydrogen (secondary N) is 1. The number of rotatable bonds is 4. The van der Waals surface area contributed by atoms with E-state index in [4.69, 9.17) is 0 Å². The molecule has 2 aromatic carbocycles. The summed E-state index contributed by atoms with van der Waals surface area (Å²) in [6.07, 6.45) is 1.32. The number of carbonyl (C=O) groups is 1. The highest BCUT2D eigenvalue weighted by molar-refractivity contribution is 8.14. The Kier molecular flexibility index (Phi) is 4.82. The van der Waals surface area contributed by atoms with E-state index < -0.39 is 15.8 Å². The molecule has 7 nitrogen and oxygen atoms in total. The second kappa shape index (κ2) is 7.75. The van der Waals surface area contributed by atoms with Gasteiger partial charge in [0.05, 0.1) is 24.5 Å². The first-order valence-electron chi connectivity index (χ1n) is 10.3. The van der Waals surface area contributed by atoms with E-state index in [1.807, 2.05) is 48.5 Å². The molecule has 0 amide bonds. The van der Waals surface area contributed by atoms with Crippen molar-refractivity contribution in [2.75, 3.05) is 27.6 Å². The van der Waals surface area contributed by atoms with Gasteiger partial charge >= 0.3 is 0 Å². The van der Waals surface area contributed by atoms with E-state index in [9.17, 15) is 13.2 Å². The van der Waals surface area contributed by atoms with Gasteiger partial charge in [0, 0.05) is 23.3 Å². The number of benzene rings is 2. The molecule has 3 aromatic rings. The molecule has 6 rings (SSSR count). The average Bonchev–Trinajstić information content (AvgIpc) is 3.53. The van der Waals surface area contributed by atoms with Crippen LogP contribution in [0.25, 0.3) is 0 Å². The molecule has 10 heteroatoms. The van der Waals surface area contributed by atoms with Gasteiger partial charge in [0.1, 0.15) is 4.88 Å².